The number of anilines is 1. The summed E-state index contributed by atoms with van der Waals surface area (Å²) in [5, 5.41) is 19.1. The average Bonchev–Trinajstić information content (AvgIpc) is 2.59. The normalized spacial score (nSPS) is 16.7. The number of amides is 2. The lowest BCUT2D eigenvalue weighted by Gasteiger charge is -2.28. The van der Waals surface area contributed by atoms with E-state index in [0.717, 1.165) is 0 Å². The van der Waals surface area contributed by atoms with Crippen LogP contribution in [0.3, 0.4) is 0 Å². The lowest BCUT2D eigenvalue weighted by molar-refractivity contribution is -0.384. The van der Waals surface area contributed by atoms with Crippen molar-refractivity contribution in [2.24, 2.45) is 0 Å². The zero-order chi connectivity index (χ0) is 18.4. The van der Waals surface area contributed by atoms with Crippen LogP contribution < -0.4 is 16.0 Å². The molecule has 1 atom stereocenters. The number of carbonyl (C=O) groups excluding carboxylic acids is 2. The number of ether oxygens (including phenoxy) is 1. The molecule has 1 heterocycles. The number of non-ortho nitro benzene ring substituents is 1. The van der Waals surface area contributed by atoms with Gasteiger partial charge in [0.1, 0.15) is 0 Å². The van der Waals surface area contributed by atoms with E-state index in [-0.39, 0.29) is 18.8 Å². The number of hydrogen-bond acceptors (Lipinski definition) is 6. The van der Waals surface area contributed by atoms with Crippen LogP contribution in [0.25, 0.3) is 0 Å². The van der Waals surface area contributed by atoms with E-state index < -0.39 is 23.0 Å². The molecule has 0 aliphatic carbocycles. The predicted octanol–water partition coefficient (Wildman–Crippen LogP) is 1.92. The van der Waals surface area contributed by atoms with Gasteiger partial charge in [-0.3, -0.25) is 10.1 Å². The summed E-state index contributed by atoms with van der Waals surface area (Å²) in [5.74, 6) is -0.502. The molecule has 1 aromatic carbocycles. The number of urea groups is 1. The van der Waals surface area contributed by atoms with E-state index in [1.807, 2.05) is 6.92 Å². The monoisotopic (exact) mass is 348 g/mol. The Bertz CT molecular complexity index is 716. The summed E-state index contributed by atoms with van der Waals surface area (Å²) in [5.41, 5.74) is 1.19. The Morgan fingerprint density at radius 1 is 1.40 bits per heavy atom. The highest BCUT2D eigenvalue weighted by Crippen LogP contribution is 2.20. The van der Waals surface area contributed by atoms with E-state index in [0.29, 0.717) is 23.4 Å². The predicted molar refractivity (Wildman–Crippen MR) is 91.0 cm³/mol. The maximum absolute atomic E-state index is 12.3. The number of nitro benzene ring substituents is 1. The number of nitrogens with one attached hydrogen (secondary N) is 3. The largest absolute Gasteiger partial charge is 0.463 e. The molecule has 0 radical (unpaired) electrons. The lowest BCUT2D eigenvalue weighted by Crippen LogP contribution is -2.51. The molecule has 1 aliphatic rings. The third-order valence-electron chi connectivity index (χ3n) is 3.67. The number of benzene rings is 1. The number of rotatable bonds is 7. The molecule has 0 aromatic heterocycles. The highest BCUT2D eigenvalue weighted by Gasteiger charge is 2.31. The van der Waals surface area contributed by atoms with Crippen LogP contribution in [0, 0.1) is 10.1 Å². The number of nitrogens with zero attached hydrogens (tertiary/aromatic N) is 1. The highest BCUT2D eigenvalue weighted by atomic mass is 16.6. The van der Waals surface area contributed by atoms with Gasteiger partial charge in [0.25, 0.3) is 5.69 Å². The first-order valence-electron chi connectivity index (χ1n) is 7.92. The lowest BCUT2D eigenvalue weighted by atomic mass is 10.00. The SMILES string of the molecule is CCOC(=O)C1=C(CNc2cccc([N+](=O)[O-])c2)NC(=O)N[C@H]1CC. The van der Waals surface area contributed by atoms with Gasteiger partial charge in [0.05, 0.1) is 35.4 Å². The zero-order valence-corrected chi connectivity index (χ0v) is 14.0. The number of hydrogen-bond donors (Lipinski definition) is 3. The molecule has 1 aliphatic heterocycles. The van der Waals surface area contributed by atoms with Crippen molar-refractivity contribution in [3.63, 3.8) is 0 Å². The molecule has 9 nitrogen and oxygen atoms in total. The molecule has 1 aromatic rings. The molecule has 2 amide bonds. The minimum atomic E-state index is -0.502. The molecule has 25 heavy (non-hydrogen) atoms. The Kier molecular flexibility index (Phi) is 5.93. The fourth-order valence-electron chi connectivity index (χ4n) is 2.52. The summed E-state index contributed by atoms with van der Waals surface area (Å²) >= 11 is 0. The second-order valence-corrected chi connectivity index (χ2v) is 5.33. The summed E-state index contributed by atoms with van der Waals surface area (Å²) in [7, 11) is 0. The molecule has 9 heteroatoms. The zero-order valence-electron chi connectivity index (χ0n) is 14.0. The Balaban J connectivity index is 2.25. The van der Waals surface area contributed by atoms with Gasteiger partial charge >= 0.3 is 12.0 Å². The van der Waals surface area contributed by atoms with E-state index in [9.17, 15) is 19.7 Å². The number of carbonyl (C=O) groups is 2. The van der Waals surface area contributed by atoms with Crippen molar-refractivity contribution in [3.8, 4) is 0 Å². The summed E-state index contributed by atoms with van der Waals surface area (Å²) in [6.45, 7) is 3.90. The van der Waals surface area contributed by atoms with Crippen LogP contribution in [-0.2, 0) is 9.53 Å². The van der Waals surface area contributed by atoms with E-state index in [2.05, 4.69) is 16.0 Å². The molecule has 0 fully saturated rings. The van der Waals surface area contributed by atoms with Gasteiger partial charge in [0.15, 0.2) is 0 Å². The van der Waals surface area contributed by atoms with Crippen LogP contribution in [0.4, 0.5) is 16.2 Å². The molecular formula is C16H20N4O5. The van der Waals surface area contributed by atoms with Crippen molar-refractivity contribution in [2.45, 2.75) is 26.3 Å². The highest BCUT2D eigenvalue weighted by molar-refractivity contribution is 5.95. The molecule has 0 spiro atoms. The number of esters is 1. The smallest absolute Gasteiger partial charge is 0.337 e. The standard InChI is InChI=1S/C16H20N4O5/c1-3-12-14(15(21)25-4-2)13(19-16(22)18-12)9-17-10-6-5-7-11(8-10)20(23)24/h5-8,12,17H,3-4,9H2,1-2H3,(H2,18,19,22)/t12-/m0/s1. The Labute approximate surface area is 144 Å². The van der Waals surface area contributed by atoms with E-state index >= 15 is 0 Å². The summed E-state index contributed by atoms with van der Waals surface area (Å²) in [6.07, 6.45) is 0.530. The van der Waals surface area contributed by atoms with E-state index in [1.54, 1.807) is 19.1 Å². The summed E-state index contributed by atoms with van der Waals surface area (Å²) in [4.78, 5) is 34.4. The quantitative estimate of drug-likeness (QED) is 0.393. The molecule has 0 unspecified atom stereocenters. The summed E-state index contributed by atoms with van der Waals surface area (Å²) in [6, 6.07) is 5.12. The maximum Gasteiger partial charge on any atom is 0.337 e. The van der Waals surface area contributed by atoms with Gasteiger partial charge in [-0.05, 0) is 19.4 Å². The van der Waals surface area contributed by atoms with E-state index in [4.69, 9.17) is 4.74 Å². The van der Waals surface area contributed by atoms with Crippen molar-refractivity contribution >= 4 is 23.4 Å². The van der Waals surface area contributed by atoms with Gasteiger partial charge in [0, 0.05) is 17.8 Å². The molecular weight excluding hydrogens is 328 g/mol. The molecule has 2 rings (SSSR count). The minimum absolute atomic E-state index is 0.0506. The second-order valence-electron chi connectivity index (χ2n) is 5.33. The van der Waals surface area contributed by atoms with Gasteiger partial charge in [-0.25, -0.2) is 9.59 Å². The van der Waals surface area contributed by atoms with Gasteiger partial charge in [-0.15, -0.1) is 0 Å². The van der Waals surface area contributed by atoms with Gasteiger partial charge in [-0.1, -0.05) is 13.0 Å². The van der Waals surface area contributed by atoms with Crippen LogP contribution in [-0.4, -0.2) is 36.1 Å². The van der Waals surface area contributed by atoms with Crippen LogP contribution >= 0.6 is 0 Å². The third kappa shape index (κ3) is 4.46. The Hall–Kier alpha value is -3.10. The first-order chi connectivity index (χ1) is 12.0. The van der Waals surface area contributed by atoms with Crippen molar-refractivity contribution in [1.82, 2.24) is 10.6 Å². The van der Waals surface area contributed by atoms with Crippen molar-refractivity contribution in [3.05, 3.63) is 45.6 Å². The molecule has 134 valence electrons. The van der Waals surface area contributed by atoms with E-state index in [1.165, 1.54) is 12.1 Å². The van der Waals surface area contributed by atoms with Crippen LogP contribution in [0.5, 0.6) is 0 Å². The fraction of sp³-hybridized carbons (Fsp3) is 0.375. The van der Waals surface area contributed by atoms with Gasteiger partial charge < -0.3 is 20.7 Å². The average molecular weight is 348 g/mol. The molecule has 3 N–H and O–H groups in total. The minimum Gasteiger partial charge on any atom is -0.463 e. The Morgan fingerprint density at radius 3 is 2.80 bits per heavy atom. The van der Waals surface area contributed by atoms with Gasteiger partial charge in [-0.2, -0.15) is 0 Å². The molecule has 0 saturated heterocycles. The maximum atomic E-state index is 12.3. The van der Waals surface area contributed by atoms with Gasteiger partial charge in [0.2, 0.25) is 0 Å². The first kappa shape index (κ1) is 18.2. The topological polar surface area (TPSA) is 123 Å². The molecule has 0 saturated carbocycles. The summed E-state index contributed by atoms with van der Waals surface area (Å²) < 4.78 is 5.08. The molecule has 0 bridgehead atoms. The van der Waals surface area contributed by atoms with Crippen molar-refractivity contribution < 1.29 is 19.2 Å². The van der Waals surface area contributed by atoms with Crippen LogP contribution in [0.15, 0.2) is 35.5 Å². The van der Waals surface area contributed by atoms with Crippen LogP contribution in [0.1, 0.15) is 20.3 Å². The third-order valence-corrected chi connectivity index (χ3v) is 3.67. The number of nitro groups is 1. The van der Waals surface area contributed by atoms with Crippen molar-refractivity contribution in [2.75, 3.05) is 18.5 Å². The second kappa shape index (κ2) is 8.13. The van der Waals surface area contributed by atoms with Crippen LogP contribution in [0.2, 0.25) is 0 Å². The fourth-order valence-corrected chi connectivity index (χ4v) is 2.52. The Morgan fingerprint density at radius 2 is 2.16 bits per heavy atom. The van der Waals surface area contributed by atoms with Crippen molar-refractivity contribution in [1.29, 1.82) is 0 Å². The first-order valence-corrected chi connectivity index (χ1v) is 7.92.